The molecule has 3 rings (SSSR count). The van der Waals surface area contributed by atoms with Gasteiger partial charge in [-0.25, -0.2) is 0 Å². The number of carbonyl (C=O) groups excluding carboxylic acids is 1. The van der Waals surface area contributed by atoms with Gasteiger partial charge in [-0.1, -0.05) is 12.5 Å². The fraction of sp³-hybridized carbons (Fsp3) is 0.571. The van der Waals surface area contributed by atoms with Crippen LogP contribution in [-0.4, -0.2) is 16.6 Å². The maximum Gasteiger partial charge on any atom is 0.246 e. The second kappa shape index (κ2) is 4.05. The summed E-state index contributed by atoms with van der Waals surface area (Å²) in [5.74, 6) is 0.0670. The smallest absolute Gasteiger partial charge is 0.246 e. The fourth-order valence-corrected chi connectivity index (χ4v) is 3.18. The molecule has 1 amide bonds. The summed E-state index contributed by atoms with van der Waals surface area (Å²) in [5.41, 5.74) is 0.0934. The second-order valence-electron chi connectivity index (χ2n) is 5.59. The Morgan fingerprint density at radius 2 is 2.06 bits per heavy atom. The van der Waals surface area contributed by atoms with E-state index in [1.165, 1.54) is 19.3 Å². The van der Waals surface area contributed by atoms with Gasteiger partial charge in [-0.15, -0.1) is 0 Å². The van der Waals surface area contributed by atoms with Gasteiger partial charge in [0.15, 0.2) is 0 Å². The van der Waals surface area contributed by atoms with Gasteiger partial charge in [0, 0.05) is 12.4 Å². The number of pyridine rings is 1. The van der Waals surface area contributed by atoms with Gasteiger partial charge in [0.1, 0.15) is 5.54 Å². The molecule has 2 N–H and O–H groups in total. The summed E-state index contributed by atoms with van der Waals surface area (Å²) >= 11 is 0. The minimum atomic E-state index is -0.647. The van der Waals surface area contributed by atoms with Gasteiger partial charge in [0.2, 0.25) is 5.91 Å². The van der Waals surface area contributed by atoms with Gasteiger partial charge >= 0.3 is 0 Å². The van der Waals surface area contributed by atoms with E-state index in [0.717, 1.165) is 18.4 Å². The lowest BCUT2D eigenvalue weighted by Gasteiger charge is -2.35. The first kappa shape index (κ1) is 11.7. The van der Waals surface area contributed by atoms with E-state index in [4.69, 9.17) is 0 Å². The molecule has 4 nitrogen and oxygen atoms in total. The van der Waals surface area contributed by atoms with E-state index in [1.807, 2.05) is 19.1 Å². The normalized spacial score (nSPS) is 30.4. The maximum atomic E-state index is 12.4. The van der Waals surface area contributed by atoms with Crippen molar-refractivity contribution in [2.45, 2.75) is 50.2 Å². The summed E-state index contributed by atoms with van der Waals surface area (Å²) in [6, 6.07) is 3.84. The molecule has 1 saturated heterocycles. The van der Waals surface area contributed by atoms with Gasteiger partial charge in [-0.05, 0) is 44.2 Å². The van der Waals surface area contributed by atoms with E-state index in [-0.39, 0.29) is 11.6 Å². The summed E-state index contributed by atoms with van der Waals surface area (Å²) in [4.78, 5) is 16.5. The molecule has 4 heteroatoms. The van der Waals surface area contributed by atoms with Crippen LogP contribution in [0.25, 0.3) is 0 Å². The van der Waals surface area contributed by atoms with Crippen molar-refractivity contribution in [2.75, 3.05) is 0 Å². The molecule has 96 valence electrons. The molecule has 1 aliphatic carbocycles. The topological polar surface area (TPSA) is 54.0 Å². The Hall–Kier alpha value is -1.42. The summed E-state index contributed by atoms with van der Waals surface area (Å²) in [5, 5.41) is 6.73. The Labute approximate surface area is 107 Å². The van der Waals surface area contributed by atoms with Crippen molar-refractivity contribution in [1.29, 1.82) is 0 Å². The molecule has 1 atom stereocenters. The summed E-state index contributed by atoms with van der Waals surface area (Å²) < 4.78 is 0. The zero-order valence-electron chi connectivity index (χ0n) is 10.7. The molecule has 1 aliphatic heterocycles. The van der Waals surface area contributed by atoms with Gasteiger partial charge in [-0.3, -0.25) is 15.1 Å². The summed E-state index contributed by atoms with van der Waals surface area (Å²) in [6.07, 6.45) is 9.17. The Balaban J connectivity index is 1.92. The minimum Gasteiger partial charge on any atom is -0.336 e. The average molecular weight is 245 g/mol. The third-order valence-corrected chi connectivity index (χ3v) is 4.24. The van der Waals surface area contributed by atoms with Crippen molar-refractivity contribution >= 4 is 5.91 Å². The molecule has 0 radical (unpaired) electrons. The van der Waals surface area contributed by atoms with E-state index in [1.54, 1.807) is 12.4 Å². The molecule has 1 aromatic heterocycles. The first-order valence-electron chi connectivity index (χ1n) is 6.67. The molecule has 2 aliphatic rings. The molecular formula is C14H19N3O. The number of hydrogen-bond donors (Lipinski definition) is 2. The molecule has 18 heavy (non-hydrogen) atoms. The molecule has 1 aromatic rings. The van der Waals surface area contributed by atoms with Crippen LogP contribution in [0.15, 0.2) is 24.5 Å². The fourth-order valence-electron chi connectivity index (χ4n) is 3.18. The summed E-state index contributed by atoms with van der Waals surface area (Å²) in [6.45, 7) is 1.95. The van der Waals surface area contributed by atoms with Crippen molar-refractivity contribution in [1.82, 2.24) is 15.6 Å². The maximum absolute atomic E-state index is 12.4. The first-order chi connectivity index (χ1) is 8.65. The molecule has 0 aromatic carbocycles. The lowest BCUT2D eigenvalue weighted by atomic mass is 9.88. The Morgan fingerprint density at radius 3 is 2.72 bits per heavy atom. The number of aromatic nitrogens is 1. The number of rotatable bonds is 1. The van der Waals surface area contributed by atoms with Crippen LogP contribution in [0.3, 0.4) is 0 Å². The largest absolute Gasteiger partial charge is 0.336 e. The molecule has 2 fully saturated rings. The monoisotopic (exact) mass is 245 g/mol. The van der Waals surface area contributed by atoms with Crippen molar-refractivity contribution in [3.8, 4) is 0 Å². The van der Waals surface area contributed by atoms with Crippen LogP contribution in [0.5, 0.6) is 0 Å². The first-order valence-corrected chi connectivity index (χ1v) is 6.67. The number of nitrogens with zero attached hydrogens (tertiary/aromatic N) is 1. The van der Waals surface area contributed by atoms with Crippen LogP contribution in [-0.2, 0) is 10.3 Å². The van der Waals surface area contributed by atoms with Crippen LogP contribution in [0.1, 0.15) is 44.6 Å². The Morgan fingerprint density at radius 1 is 1.28 bits per heavy atom. The third kappa shape index (κ3) is 1.72. The van der Waals surface area contributed by atoms with Crippen LogP contribution in [0, 0.1) is 0 Å². The summed E-state index contributed by atoms with van der Waals surface area (Å²) in [7, 11) is 0. The number of nitrogens with one attached hydrogen (secondary N) is 2. The highest BCUT2D eigenvalue weighted by Crippen LogP contribution is 2.36. The van der Waals surface area contributed by atoms with Gasteiger partial charge < -0.3 is 5.32 Å². The zero-order chi connectivity index (χ0) is 12.6. The predicted molar refractivity (Wildman–Crippen MR) is 68.7 cm³/mol. The van der Waals surface area contributed by atoms with E-state index in [2.05, 4.69) is 15.6 Å². The molecule has 0 bridgehead atoms. The standard InChI is InChI=1S/C14H19N3O/c1-13(11-6-5-9-15-10-11)12(18)16-14(17-13)7-3-2-4-8-14/h5-6,9-10,17H,2-4,7-8H2,1H3,(H,16,18). The van der Waals surface area contributed by atoms with Crippen molar-refractivity contribution in [3.05, 3.63) is 30.1 Å². The number of hydrogen-bond acceptors (Lipinski definition) is 3. The van der Waals surface area contributed by atoms with Crippen LogP contribution < -0.4 is 10.6 Å². The third-order valence-electron chi connectivity index (χ3n) is 4.24. The number of carbonyl (C=O) groups is 1. The van der Waals surface area contributed by atoms with Crippen molar-refractivity contribution in [2.24, 2.45) is 0 Å². The Kier molecular flexibility index (Phi) is 2.63. The SMILES string of the molecule is CC1(c2cccnc2)NC2(CCCCC2)NC1=O. The van der Waals surface area contributed by atoms with Gasteiger partial charge in [0.25, 0.3) is 0 Å². The highest BCUT2D eigenvalue weighted by atomic mass is 16.2. The zero-order valence-corrected chi connectivity index (χ0v) is 10.7. The van der Waals surface area contributed by atoms with Gasteiger partial charge in [-0.2, -0.15) is 0 Å². The quantitative estimate of drug-likeness (QED) is 0.791. The van der Waals surface area contributed by atoms with E-state index in [9.17, 15) is 4.79 Å². The molecule has 1 unspecified atom stereocenters. The van der Waals surface area contributed by atoms with Gasteiger partial charge in [0.05, 0.1) is 5.66 Å². The molecule has 1 spiro atoms. The highest BCUT2D eigenvalue weighted by Gasteiger charge is 2.51. The Bertz CT molecular complexity index is 453. The molecule has 1 saturated carbocycles. The van der Waals surface area contributed by atoms with Crippen molar-refractivity contribution < 1.29 is 4.79 Å². The van der Waals surface area contributed by atoms with E-state index < -0.39 is 5.54 Å². The predicted octanol–water partition coefficient (Wildman–Crippen LogP) is 1.68. The second-order valence-corrected chi connectivity index (χ2v) is 5.59. The minimum absolute atomic E-state index is 0.0670. The molecule has 2 heterocycles. The highest BCUT2D eigenvalue weighted by molar-refractivity contribution is 5.90. The van der Waals surface area contributed by atoms with E-state index in [0.29, 0.717) is 0 Å². The lowest BCUT2D eigenvalue weighted by molar-refractivity contribution is -0.124. The van der Waals surface area contributed by atoms with Crippen molar-refractivity contribution in [3.63, 3.8) is 0 Å². The number of amides is 1. The average Bonchev–Trinajstić information content (AvgIpc) is 2.64. The van der Waals surface area contributed by atoms with Crippen LogP contribution >= 0.6 is 0 Å². The van der Waals surface area contributed by atoms with Crippen LogP contribution in [0.2, 0.25) is 0 Å². The lowest BCUT2D eigenvalue weighted by Crippen LogP contribution is -2.53. The van der Waals surface area contributed by atoms with E-state index >= 15 is 0 Å². The van der Waals surface area contributed by atoms with Crippen LogP contribution in [0.4, 0.5) is 0 Å². The molecular weight excluding hydrogens is 226 g/mol.